The Kier molecular flexibility index (Phi) is 6.19. The molecule has 28 heavy (non-hydrogen) atoms. The summed E-state index contributed by atoms with van der Waals surface area (Å²) in [5.74, 6) is -1.48. The molecule has 0 spiro atoms. The Labute approximate surface area is 164 Å². The first-order chi connectivity index (χ1) is 13.6. The average Bonchev–Trinajstić information content (AvgIpc) is 3.18. The van der Waals surface area contributed by atoms with E-state index in [0.717, 1.165) is 17.2 Å². The van der Waals surface area contributed by atoms with E-state index >= 15 is 0 Å². The van der Waals surface area contributed by atoms with Crippen molar-refractivity contribution in [1.29, 1.82) is 0 Å². The normalized spacial score (nSPS) is 21.5. The van der Waals surface area contributed by atoms with Gasteiger partial charge < -0.3 is 9.47 Å². The van der Waals surface area contributed by atoms with E-state index in [2.05, 4.69) is 11.9 Å². The summed E-state index contributed by atoms with van der Waals surface area (Å²) >= 11 is 0. The Bertz CT molecular complexity index is 890. The Morgan fingerprint density at radius 2 is 1.82 bits per heavy atom. The van der Waals surface area contributed by atoms with Crippen molar-refractivity contribution in [2.75, 3.05) is 13.7 Å². The standard InChI is InChI=1S/C23H23NO4/c1-3-21(25)28-22(26)23(20(27-2)15-16-24-23)19-12-8-7-11-18(19)14-13-17-9-5-4-6-10-17/h3-14,20,24H,1,15-16H2,2H3. The van der Waals surface area contributed by atoms with Crippen molar-refractivity contribution in [3.8, 4) is 0 Å². The summed E-state index contributed by atoms with van der Waals surface area (Å²) in [4.78, 5) is 24.8. The van der Waals surface area contributed by atoms with Crippen LogP contribution >= 0.6 is 0 Å². The van der Waals surface area contributed by atoms with Crippen molar-refractivity contribution < 1.29 is 19.1 Å². The van der Waals surface area contributed by atoms with Gasteiger partial charge in [-0.2, -0.15) is 0 Å². The molecule has 0 aliphatic carbocycles. The van der Waals surface area contributed by atoms with Crippen LogP contribution in [-0.2, 0) is 24.6 Å². The maximum Gasteiger partial charge on any atom is 0.341 e. The molecule has 1 heterocycles. The lowest BCUT2D eigenvalue weighted by Gasteiger charge is -2.33. The second-order valence-corrected chi connectivity index (χ2v) is 6.49. The van der Waals surface area contributed by atoms with Gasteiger partial charge in [0, 0.05) is 13.2 Å². The van der Waals surface area contributed by atoms with Crippen molar-refractivity contribution >= 4 is 24.1 Å². The van der Waals surface area contributed by atoms with Gasteiger partial charge in [-0.15, -0.1) is 0 Å². The number of carbonyl (C=O) groups excluding carboxylic acids is 2. The highest BCUT2D eigenvalue weighted by Crippen LogP contribution is 2.37. The first-order valence-electron chi connectivity index (χ1n) is 9.11. The number of rotatable bonds is 6. The van der Waals surface area contributed by atoms with Crippen LogP contribution in [0.1, 0.15) is 23.1 Å². The SMILES string of the molecule is C=CC(=O)OC(=O)C1(c2ccccc2C=Cc2ccccc2)NCCC1OC. The lowest BCUT2D eigenvalue weighted by atomic mass is 9.82. The molecular weight excluding hydrogens is 354 g/mol. The lowest BCUT2D eigenvalue weighted by molar-refractivity contribution is -0.165. The van der Waals surface area contributed by atoms with E-state index in [1.54, 1.807) is 7.11 Å². The quantitative estimate of drug-likeness (QED) is 0.362. The lowest BCUT2D eigenvalue weighted by Crippen LogP contribution is -2.54. The van der Waals surface area contributed by atoms with E-state index in [9.17, 15) is 9.59 Å². The molecule has 5 nitrogen and oxygen atoms in total. The van der Waals surface area contributed by atoms with E-state index < -0.39 is 23.6 Å². The topological polar surface area (TPSA) is 64.6 Å². The van der Waals surface area contributed by atoms with Gasteiger partial charge in [0.15, 0.2) is 5.54 Å². The van der Waals surface area contributed by atoms with Crippen molar-refractivity contribution in [3.05, 3.63) is 83.9 Å². The molecule has 0 amide bonds. The summed E-state index contributed by atoms with van der Waals surface area (Å²) in [5.41, 5.74) is 1.31. The molecule has 2 aromatic carbocycles. The average molecular weight is 377 g/mol. The zero-order valence-electron chi connectivity index (χ0n) is 15.8. The largest absolute Gasteiger partial charge is 0.388 e. The van der Waals surface area contributed by atoms with Crippen LogP contribution in [0, 0.1) is 0 Å². The van der Waals surface area contributed by atoms with E-state index in [4.69, 9.17) is 9.47 Å². The van der Waals surface area contributed by atoms with E-state index in [0.29, 0.717) is 18.5 Å². The highest BCUT2D eigenvalue weighted by Gasteiger charge is 2.53. The monoisotopic (exact) mass is 377 g/mol. The van der Waals surface area contributed by atoms with Crippen LogP contribution in [0.15, 0.2) is 67.3 Å². The number of nitrogens with one attached hydrogen (secondary N) is 1. The van der Waals surface area contributed by atoms with Gasteiger partial charge >= 0.3 is 11.9 Å². The summed E-state index contributed by atoms with van der Waals surface area (Å²) in [5, 5.41) is 3.24. The number of esters is 2. The number of carbonyl (C=O) groups is 2. The van der Waals surface area contributed by atoms with E-state index in [-0.39, 0.29) is 0 Å². The number of ether oxygens (including phenoxy) is 2. The molecule has 1 aliphatic rings. The zero-order chi connectivity index (χ0) is 20.0. The van der Waals surface area contributed by atoms with Gasteiger partial charge in [0.1, 0.15) is 0 Å². The van der Waals surface area contributed by atoms with E-state index in [1.807, 2.05) is 66.7 Å². The predicted molar refractivity (Wildman–Crippen MR) is 108 cm³/mol. The van der Waals surface area contributed by atoms with Crippen LogP contribution < -0.4 is 5.32 Å². The summed E-state index contributed by atoms with van der Waals surface area (Å²) in [6.45, 7) is 3.93. The summed E-state index contributed by atoms with van der Waals surface area (Å²) in [6, 6.07) is 17.4. The molecule has 0 radical (unpaired) electrons. The third-order valence-electron chi connectivity index (χ3n) is 4.90. The minimum atomic E-state index is -1.27. The summed E-state index contributed by atoms with van der Waals surface area (Å²) < 4.78 is 10.6. The van der Waals surface area contributed by atoms with Gasteiger partial charge in [0.05, 0.1) is 6.10 Å². The van der Waals surface area contributed by atoms with Gasteiger partial charge in [-0.25, -0.2) is 9.59 Å². The van der Waals surface area contributed by atoms with Gasteiger partial charge in [0.25, 0.3) is 0 Å². The highest BCUT2D eigenvalue weighted by molar-refractivity contribution is 5.97. The molecule has 2 atom stereocenters. The van der Waals surface area contributed by atoms with Gasteiger partial charge in [0.2, 0.25) is 0 Å². The van der Waals surface area contributed by atoms with Crippen LogP contribution in [0.3, 0.4) is 0 Å². The maximum atomic E-state index is 13.1. The second-order valence-electron chi connectivity index (χ2n) is 6.49. The molecule has 144 valence electrons. The summed E-state index contributed by atoms with van der Waals surface area (Å²) in [6.07, 6.45) is 5.04. The maximum absolute atomic E-state index is 13.1. The molecule has 1 N–H and O–H groups in total. The molecule has 2 unspecified atom stereocenters. The first-order valence-corrected chi connectivity index (χ1v) is 9.11. The third kappa shape index (κ3) is 3.81. The van der Waals surface area contributed by atoms with Gasteiger partial charge in [-0.1, -0.05) is 73.3 Å². The van der Waals surface area contributed by atoms with Gasteiger partial charge in [-0.05, 0) is 29.7 Å². The molecule has 0 aromatic heterocycles. The zero-order valence-corrected chi connectivity index (χ0v) is 15.8. The highest BCUT2D eigenvalue weighted by atomic mass is 16.6. The van der Waals surface area contributed by atoms with Crippen LogP contribution in [0.4, 0.5) is 0 Å². The van der Waals surface area contributed by atoms with Crippen molar-refractivity contribution in [3.63, 3.8) is 0 Å². The Hall–Kier alpha value is -3.02. The van der Waals surface area contributed by atoms with Crippen LogP contribution in [0.25, 0.3) is 12.2 Å². The molecule has 3 rings (SSSR count). The van der Waals surface area contributed by atoms with Crippen LogP contribution in [-0.4, -0.2) is 31.7 Å². The third-order valence-corrected chi connectivity index (χ3v) is 4.90. The van der Waals surface area contributed by atoms with Crippen LogP contribution in [0.5, 0.6) is 0 Å². The molecule has 1 saturated heterocycles. The number of hydrogen-bond donors (Lipinski definition) is 1. The molecule has 1 fully saturated rings. The molecule has 0 bridgehead atoms. The van der Waals surface area contributed by atoms with Crippen molar-refractivity contribution in [2.24, 2.45) is 0 Å². The van der Waals surface area contributed by atoms with Gasteiger partial charge in [-0.3, -0.25) is 5.32 Å². The molecule has 1 aliphatic heterocycles. The minimum Gasteiger partial charge on any atom is -0.388 e. The Morgan fingerprint density at radius 3 is 2.54 bits per heavy atom. The van der Waals surface area contributed by atoms with Crippen LogP contribution in [0.2, 0.25) is 0 Å². The summed E-state index contributed by atoms with van der Waals surface area (Å²) in [7, 11) is 1.55. The number of methoxy groups -OCH3 is 1. The smallest absolute Gasteiger partial charge is 0.341 e. The van der Waals surface area contributed by atoms with E-state index in [1.165, 1.54) is 0 Å². The second kappa shape index (κ2) is 8.78. The molecule has 5 heteroatoms. The first kappa shape index (κ1) is 19.7. The number of hydrogen-bond acceptors (Lipinski definition) is 5. The molecule has 0 saturated carbocycles. The Morgan fingerprint density at radius 1 is 1.11 bits per heavy atom. The van der Waals surface area contributed by atoms with Crippen molar-refractivity contribution in [2.45, 2.75) is 18.1 Å². The molecular formula is C23H23NO4. The predicted octanol–water partition coefficient (Wildman–Crippen LogP) is 3.32. The minimum absolute atomic E-state index is 0.469. The fourth-order valence-electron chi connectivity index (χ4n) is 3.57. The fraction of sp³-hybridized carbons (Fsp3) is 0.217. The van der Waals surface area contributed by atoms with Crippen molar-refractivity contribution in [1.82, 2.24) is 5.32 Å². The number of benzene rings is 2. The molecule has 2 aromatic rings. The Balaban J connectivity index is 2.06. The fourth-order valence-corrected chi connectivity index (χ4v) is 3.57.